The number of hydrogen-bond acceptors (Lipinski definition) is 4. The Morgan fingerprint density at radius 3 is 2.17 bits per heavy atom. The van der Waals surface area contributed by atoms with E-state index >= 15 is 0 Å². The monoisotopic (exact) mass is 340 g/mol. The van der Waals surface area contributed by atoms with Crippen LogP contribution in [0.5, 0.6) is 5.75 Å². The molecule has 4 aromatic carbocycles. The van der Waals surface area contributed by atoms with Gasteiger partial charge in [0.1, 0.15) is 10.6 Å². The highest BCUT2D eigenvalue weighted by atomic mass is 32.2. The topological polar surface area (TPSA) is 80.7 Å². The van der Waals surface area contributed by atoms with Crippen molar-refractivity contribution in [2.75, 3.05) is 0 Å². The average molecular weight is 340 g/mol. The van der Waals surface area contributed by atoms with Crippen LogP contribution >= 0.6 is 0 Å². The smallest absolute Gasteiger partial charge is 0.308 e. The Labute approximate surface area is 137 Å². The second kappa shape index (κ2) is 4.90. The highest BCUT2D eigenvalue weighted by molar-refractivity contribution is 7.86. The Hall–Kier alpha value is -2.70. The van der Waals surface area contributed by atoms with Gasteiger partial charge in [-0.2, -0.15) is 8.42 Å². The third-order valence-corrected chi connectivity index (χ3v) is 4.99. The van der Waals surface area contributed by atoms with Crippen molar-refractivity contribution in [3.8, 4) is 5.75 Å². The molecule has 0 radical (unpaired) electrons. The van der Waals surface area contributed by atoms with Crippen molar-refractivity contribution in [2.45, 2.75) is 11.8 Å². The van der Waals surface area contributed by atoms with E-state index in [1.54, 1.807) is 12.1 Å². The largest absolute Gasteiger partial charge is 0.426 e. The first-order valence-corrected chi connectivity index (χ1v) is 8.67. The van der Waals surface area contributed by atoms with Crippen LogP contribution in [-0.2, 0) is 14.9 Å². The molecule has 24 heavy (non-hydrogen) atoms. The minimum Gasteiger partial charge on any atom is -0.426 e. The number of carbonyl (C=O) groups is 1. The van der Waals surface area contributed by atoms with Gasteiger partial charge in [0.2, 0.25) is 0 Å². The summed E-state index contributed by atoms with van der Waals surface area (Å²) in [4.78, 5) is 11.1. The van der Waals surface area contributed by atoms with E-state index in [9.17, 15) is 17.8 Å². The van der Waals surface area contributed by atoms with E-state index in [0.717, 1.165) is 16.2 Å². The second-order valence-electron chi connectivity index (χ2n) is 5.62. The lowest BCUT2D eigenvalue weighted by molar-refractivity contribution is -0.131. The highest BCUT2D eigenvalue weighted by Crippen LogP contribution is 2.41. The van der Waals surface area contributed by atoms with Crippen LogP contribution in [0.25, 0.3) is 32.3 Å². The van der Waals surface area contributed by atoms with Crippen LogP contribution in [0.4, 0.5) is 0 Å². The van der Waals surface area contributed by atoms with Crippen LogP contribution in [-0.4, -0.2) is 18.9 Å². The predicted molar refractivity (Wildman–Crippen MR) is 91.3 cm³/mol. The van der Waals surface area contributed by atoms with Crippen LogP contribution < -0.4 is 4.74 Å². The lowest BCUT2D eigenvalue weighted by Crippen LogP contribution is -2.05. The number of ether oxygens (including phenoxy) is 1. The fourth-order valence-corrected chi connectivity index (χ4v) is 3.92. The van der Waals surface area contributed by atoms with Gasteiger partial charge in [-0.05, 0) is 22.2 Å². The number of carbonyl (C=O) groups excluding carboxylic acids is 1. The highest BCUT2D eigenvalue weighted by Gasteiger charge is 2.21. The van der Waals surface area contributed by atoms with Crippen molar-refractivity contribution in [3.05, 3.63) is 48.5 Å². The maximum Gasteiger partial charge on any atom is 0.308 e. The average Bonchev–Trinajstić information content (AvgIpc) is 2.52. The third kappa shape index (κ3) is 2.11. The molecule has 0 heterocycles. The molecule has 4 rings (SSSR count). The SMILES string of the molecule is CC(=O)Oc1cc(S(=O)(=O)O)c2ccc3cccc4ccc1c2c43. The van der Waals surface area contributed by atoms with E-state index < -0.39 is 16.1 Å². The van der Waals surface area contributed by atoms with Crippen molar-refractivity contribution >= 4 is 48.4 Å². The second-order valence-corrected chi connectivity index (χ2v) is 7.01. The molecule has 0 aliphatic heterocycles. The predicted octanol–water partition coefficient (Wildman–Crippen LogP) is 3.76. The summed E-state index contributed by atoms with van der Waals surface area (Å²) in [5.74, 6) is -0.452. The summed E-state index contributed by atoms with van der Waals surface area (Å²) in [7, 11) is -4.48. The standard InChI is InChI=1S/C18H12O5S/c1-10(19)23-15-9-16(24(20,21)22)14-8-6-12-4-2-3-11-5-7-13(15)18(14)17(11)12/h2-9H,1H3,(H,20,21,22). The van der Waals surface area contributed by atoms with Crippen LogP contribution in [0.3, 0.4) is 0 Å². The van der Waals surface area contributed by atoms with Crippen molar-refractivity contribution in [1.29, 1.82) is 0 Å². The van der Waals surface area contributed by atoms with Crippen molar-refractivity contribution < 1.29 is 22.5 Å². The van der Waals surface area contributed by atoms with Crippen LogP contribution in [0.1, 0.15) is 6.92 Å². The summed E-state index contributed by atoms with van der Waals surface area (Å²) >= 11 is 0. The summed E-state index contributed by atoms with van der Waals surface area (Å²) in [6.45, 7) is 1.24. The first-order chi connectivity index (χ1) is 11.4. The van der Waals surface area contributed by atoms with Gasteiger partial charge in [-0.15, -0.1) is 0 Å². The van der Waals surface area contributed by atoms with Crippen LogP contribution in [0.15, 0.2) is 53.4 Å². The number of hydrogen-bond donors (Lipinski definition) is 1. The fraction of sp³-hybridized carbons (Fsp3) is 0.0556. The minimum absolute atomic E-state index is 0.112. The van der Waals surface area contributed by atoms with E-state index in [4.69, 9.17) is 4.74 Å². The van der Waals surface area contributed by atoms with Gasteiger partial charge in [-0.3, -0.25) is 9.35 Å². The molecular formula is C18H12O5S. The van der Waals surface area contributed by atoms with Gasteiger partial charge in [0.25, 0.3) is 10.1 Å². The minimum atomic E-state index is -4.48. The maximum atomic E-state index is 11.8. The molecular weight excluding hydrogens is 328 g/mol. The fourth-order valence-electron chi connectivity index (χ4n) is 3.22. The molecule has 0 bridgehead atoms. The first-order valence-electron chi connectivity index (χ1n) is 7.23. The molecule has 0 fully saturated rings. The summed E-state index contributed by atoms with van der Waals surface area (Å²) in [6.07, 6.45) is 0. The molecule has 0 aliphatic rings. The van der Waals surface area contributed by atoms with E-state index in [2.05, 4.69) is 0 Å². The van der Waals surface area contributed by atoms with Gasteiger partial charge >= 0.3 is 5.97 Å². The van der Waals surface area contributed by atoms with E-state index in [-0.39, 0.29) is 10.6 Å². The normalized spacial score (nSPS) is 12.2. The van der Waals surface area contributed by atoms with Crippen LogP contribution in [0, 0.1) is 0 Å². The van der Waals surface area contributed by atoms with Crippen LogP contribution in [0.2, 0.25) is 0 Å². The van der Waals surface area contributed by atoms with E-state index in [1.807, 2.05) is 30.3 Å². The van der Waals surface area contributed by atoms with Crippen molar-refractivity contribution in [2.24, 2.45) is 0 Å². The summed E-state index contributed by atoms with van der Waals surface area (Å²) in [5, 5.41) is 4.41. The summed E-state index contributed by atoms with van der Waals surface area (Å²) in [5.41, 5.74) is 0. The van der Waals surface area contributed by atoms with Gasteiger partial charge in [0.05, 0.1) is 0 Å². The molecule has 4 aromatic rings. The molecule has 0 aromatic heterocycles. The molecule has 0 saturated heterocycles. The zero-order valence-electron chi connectivity index (χ0n) is 12.6. The molecule has 5 nitrogen and oxygen atoms in total. The van der Waals surface area contributed by atoms with Gasteiger partial charge in [-0.1, -0.05) is 36.4 Å². The number of benzene rings is 4. The summed E-state index contributed by atoms with van der Waals surface area (Å²) in [6, 6.07) is 14.1. The quantitative estimate of drug-likeness (QED) is 0.260. The van der Waals surface area contributed by atoms with Crippen molar-refractivity contribution in [1.82, 2.24) is 0 Å². The molecule has 0 spiro atoms. The van der Waals surface area contributed by atoms with E-state index in [1.165, 1.54) is 13.0 Å². The molecule has 120 valence electrons. The lowest BCUT2D eigenvalue weighted by atomic mass is 9.94. The van der Waals surface area contributed by atoms with Gasteiger partial charge in [-0.25, -0.2) is 0 Å². The Morgan fingerprint density at radius 1 is 0.958 bits per heavy atom. The Balaban J connectivity index is 2.31. The molecule has 0 unspecified atom stereocenters. The van der Waals surface area contributed by atoms with Gasteiger partial charge < -0.3 is 4.74 Å². The molecule has 6 heteroatoms. The molecule has 1 N–H and O–H groups in total. The maximum absolute atomic E-state index is 11.8. The molecule has 0 atom stereocenters. The Kier molecular flexibility index (Phi) is 3.03. The number of rotatable bonds is 2. The molecule has 0 saturated carbocycles. The molecule has 0 amide bonds. The Morgan fingerprint density at radius 2 is 1.58 bits per heavy atom. The zero-order valence-corrected chi connectivity index (χ0v) is 13.4. The van der Waals surface area contributed by atoms with Gasteiger partial charge in [0, 0.05) is 29.1 Å². The zero-order chi connectivity index (χ0) is 17.1. The number of esters is 1. The lowest BCUT2D eigenvalue weighted by Gasteiger charge is -2.15. The Bertz CT molecular complexity index is 1210. The first kappa shape index (κ1) is 14.9. The van der Waals surface area contributed by atoms with Gasteiger partial charge in [0.15, 0.2) is 0 Å². The molecule has 0 aliphatic carbocycles. The van der Waals surface area contributed by atoms with E-state index in [0.29, 0.717) is 16.2 Å². The van der Waals surface area contributed by atoms with Crippen molar-refractivity contribution in [3.63, 3.8) is 0 Å². The third-order valence-electron chi connectivity index (χ3n) is 4.10. The summed E-state index contributed by atoms with van der Waals surface area (Å²) < 4.78 is 38.5.